The standard InChI is InChI=1S/C23H22ClN3O4S/c1-3-23(26-17-6-4-12(21(28)29)8-19(17)32-23)27-10-15(22(30)31-2)20-14-9-13(24)5-7-16(14)25-18(20)11-27/h4-9,15,25-26H,3,10-11H2,1-2H3,(H,28,29). The summed E-state index contributed by atoms with van der Waals surface area (Å²) in [4.78, 5) is 30.4. The fourth-order valence-corrected chi connectivity index (χ4v) is 6.25. The zero-order chi connectivity index (χ0) is 22.6. The first-order valence-electron chi connectivity index (χ1n) is 10.3. The molecule has 166 valence electrons. The molecule has 0 saturated heterocycles. The van der Waals surface area contributed by atoms with E-state index in [-0.39, 0.29) is 11.5 Å². The lowest BCUT2D eigenvalue weighted by Gasteiger charge is -2.44. The van der Waals surface area contributed by atoms with Gasteiger partial charge in [-0.25, -0.2) is 4.79 Å². The number of carboxylic acid groups (broad SMARTS) is 1. The minimum absolute atomic E-state index is 0.255. The fourth-order valence-electron chi connectivity index (χ4n) is 4.73. The van der Waals surface area contributed by atoms with E-state index in [1.807, 2.05) is 18.2 Å². The molecule has 0 bridgehead atoms. The van der Waals surface area contributed by atoms with Crippen molar-refractivity contribution in [3.05, 3.63) is 58.2 Å². The van der Waals surface area contributed by atoms with Gasteiger partial charge >= 0.3 is 11.9 Å². The number of aromatic carboxylic acids is 1. The molecule has 0 spiro atoms. The number of thioether (sulfide) groups is 1. The van der Waals surface area contributed by atoms with Crippen molar-refractivity contribution >= 4 is 51.9 Å². The average molecular weight is 472 g/mol. The van der Waals surface area contributed by atoms with E-state index in [1.165, 1.54) is 7.11 Å². The van der Waals surface area contributed by atoms with Crippen molar-refractivity contribution in [1.29, 1.82) is 0 Å². The number of esters is 1. The van der Waals surface area contributed by atoms with Gasteiger partial charge in [-0.2, -0.15) is 0 Å². The molecule has 5 rings (SSSR count). The third kappa shape index (κ3) is 3.25. The van der Waals surface area contributed by atoms with Crippen LogP contribution in [0, 0.1) is 0 Å². The van der Waals surface area contributed by atoms with Gasteiger partial charge < -0.3 is 20.1 Å². The maximum atomic E-state index is 12.9. The third-order valence-corrected chi connectivity index (χ3v) is 8.08. The van der Waals surface area contributed by atoms with E-state index in [0.717, 1.165) is 39.2 Å². The van der Waals surface area contributed by atoms with E-state index in [0.29, 0.717) is 18.1 Å². The number of methoxy groups -OCH3 is 1. The maximum absolute atomic E-state index is 12.9. The smallest absolute Gasteiger partial charge is 0.335 e. The van der Waals surface area contributed by atoms with Crippen molar-refractivity contribution in [2.75, 3.05) is 19.0 Å². The molecule has 9 heteroatoms. The number of hydrogen-bond donors (Lipinski definition) is 3. The number of hydrogen-bond acceptors (Lipinski definition) is 6. The number of nitrogens with one attached hydrogen (secondary N) is 2. The van der Waals surface area contributed by atoms with Crippen molar-refractivity contribution in [2.24, 2.45) is 0 Å². The SMILES string of the molecule is CCC1(N2Cc3[nH]c4ccc(Cl)cc4c3C(C(=O)OC)C2)Nc2ccc(C(=O)O)cc2S1. The van der Waals surface area contributed by atoms with Crippen molar-refractivity contribution in [3.8, 4) is 0 Å². The molecule has 0 fully saturated rings. The number of halogens is 1. The summed E-state index contributed by atoms with van der Waals surface area (Å²) in [5.41, 5.74) is 3.98. The first-order valence-corrected chi connectivity index (χ1v) is 11.5. The molecule has 1 aromatic heterocycles. The molecular weight excluding hydrogens is 450 g/mol. The highest BCUT2D eigenvalue weighted by Gasteiger charge is 2.47. The van der Waals surface area contributed by atoms with Crippen molar-refractivity contribution in [1.82, 2.24) is 9.88 Å². The molecule has 2 atom stereocenters. The molecule has 32 heavy (non-hydrogen) atoms. The summed E-state index contributed by atoms with van der Waals surface area (Å²) in [7, 11) is 1.41. The number of benzene rings is 2. The highest BCUT2D eigenvalue weighted by atomic mass is 35.5. The lowest BCUT2D eigenvalue weighted by molar-refractivity contribution is -0.143. The highest BCUT2D eigenvalue weighted by molar-refractivity contribution is 8.01. The molecule has 2 aromatic carbocycles. The number of anilines is 1. The minimum Gasteiger partial charge on any atom is -0.478 e. The largest absolute Gasteiger partial charge is 0.478 e. The molecule has 0 aliphatic carbocycles. The van der Waals surface area contributed by atoms with Crippen LogP contribution in [0.5, 0.6) is 0 Å². The minimum atomic E-state index is -0.951. The zero-order valence-electron chi connectivity index (χ0n) is 17.6. The summed E-state index contributed by atoms with van der Waals surface area (Å²) in [6, 6.07) is 10.8. The van der Waals surface area contributed by atoms with E-state index in [2.05, 4.69) is 22.1 Å². The van der Waals surface area contributed by atoms with Gasteiger partial charge in [0.1, 0.15) is 4.99 Å². The van der Waals surface area contributed by atoms with Crippen molar-refractivity contribution in [3.63, 3.8) is 0 Å². The summed E-state index contributed by atoms with van der Waals surface area (Å²) in [6.07, 6.45) is 0.740. The molecule has 7 nitrogen and oxygen atoms in total. The van der Waals surface area contributed by atoms with Crippen LogP contribution in [0.25, 0.3) is 10.9 Å². The molecular formula is C23H22ClN3O4S. The van der Waals surface area contributed by atoms with Crippen molar-refractivity contribution < 1.29 is 19.4 Å². The van der Waals surface area contributed by atoms with E-state index < -0.39 is 16.9 Å². The van der Waals surface area contributed by atoms with Crippen LogP contribution in [-0.2, 0) is 16.1 Å². The highest BCUT2D eigenvalue weighted by Crippen LogP contribution is 2.51. The van der Waals surface area contributed by atoms with Crippen LogP contribution >= 0.6 is 23.4 Å². The Labute approximate surface area is 194 Å². The van der Waals surface area contributed by atoms with Crippen LogP contribution in [0.4, 0.5) is 5.69 Å². The summed E-state index contributed by atoms with van der Waals surface area (Å²) in [6.45, 7) is 3.15. The van der Waals surface area contributed by atoms with E-state index in [4.69, 9.17) is 16.3 Å². The molecule has 2 aliphatic rings. The summed E-state index contributed by atoms with van der Waals surface area (Å²) < 4.78 is 5.17. The number of fused-ring (bicyclic) bond motifs is 4. The van der Waals surface area contributed by atoms with Crippen LogP contribution in [0.1, 0.15) is 40.9 Å². The van der Waals surface area contributed by atoms with Gasteiger partial charge in [-0.05, 0) is 48.4 Å². The number of nitrogens with zero attached hydrogens (tertiary/aromatic N) is 1. The second-order valence-corrected chi connectivity index (χ2v) is 9.80. The Morgan fingerprint density at radius 3 is 2.84 bits per heavy atom. The Morgan fingerprint density at radius 1 is 1.31 bits per heavy atom. The van der Waals surface area contributed by atoms with Crippen LogP contribution in [0.3, 0.4) is 0 Å². The molecule has 2 unspecified atom stereocenters. The number of aromatic amines is 1. The fraction of sp³-hybridized carbons (Fsp3) is 0.304. The van der Waals surface area contributed by atoms with Crippen LogP contribution in [0.15, 0.2) is 41.3 Å². The maximum Gasteiger partial charge on any atom is 0.335 e. The average Bonchev–Trinajstić information content (AvgIpc) is 3.35. The Bertz CT molecular complexity index is 1260. The Morgan fingerprint density at radius 2 is 2.12 bits per heavy atom. The number of carboxylic acids is 1. The number of H-pyrrole nitrogens is 1. The van der Waals surface area contributed by atoms with E-state index >= 15 is 0 Å². The number of rotatable bonds is 4. The van der Waals surface area contributed by atoms with E-state index in [9.17, 15) is 14.7 Å². The molecule has 2 aliphatic heterocycles. The first kappa shape index (κ1) is 21.2. The lowest BCUT2D eigenvalue weighted by Crippen LogP contribution is -2.53. The predicted molar refractivity (Wildman–Crippen MR) is 124 cm³/mol. The van der Waals surface area contributed by atoms with Gasteiger partial charge in [0.15, 0.2) is 0 Å². The van der Waals surface area contributed by atoms with Crippen molar-refractivity contribution in [2.45, 2.75) is 35.7 Å². The van der Waals surface area contributed by atoms with Gasteiger partial charge in [-0.1, -0.05) is 30.3 Å². The third-order valence-electron chi connectivity index (χ3n) is 6.30. The topological polar surface area (TPSA) is 94.7 Å². The quantitative estimate of drug-likeness (QED) is 0.467. The summed E-state index contributed by atoms with van der Waals surface area (Å²) in [5, 5.41) is 14.5. The van der Waals surface area contributed by atoms with Gasteiger partial charge in [0.2, 0.25) is 0 Å². The summed E-state index contributed by atoms with van der Waals surface area (Å²) >= 11 is 7.84. The number of carbonyl (C=O) groups excluding carboxylic acids is 1. The Hall–Kier alpha value is -2.68. The lowest BCUT2D eigenvalue weighted by atomic mass is 9.91. The molecule has 3 aromatic rings. The number of carbonyl (C=O) groups is 2. The summed E-state index contributed by atoms with van der Waals surface area (Å²) in [5.74, 6) is -1.72. The molecule has 0 saturated carbocycles. The first-order chi connectivity index (χ1) is 15.3. The molecule has 0 amide bonds. The predicted octanol–water partition coefficient (Wildman–Crippen LogP) is 4.87. The Kier molecular flexibility index (Phi) is 5.11. The van der Waals surface area contributed by atoms with Gasteiger partial charge in [0.05, 0.1) is 24.3 Å². The monoisotopic (exact) mass is 471 g/mol. The molecule has 0 radical (unpaired) electrons. The molecule has 3 N–H and O–H groups in total. The van der Waals surface area contributed by atoms with Crippen LogP contribution in [0.2, 0.25) is 5.02 Å². The zero-order valence-corrected chi connectivity index (χ0v) is 19.1. The second-order valence-electron chi connectivity index (χ2n) is 8.04. The number of aromatic nitrogens is 1. The van der Waals surface area contributed by atoms with Crippen LogP contribution < -0.4 is 5.32 Å². The van der Waals surface area contributed by atoms with Gasteiger partial charge in [-0.15, -0.1) is 0 Å². The number of ether oxygens (including phenoxy) is 1. The second kappa shape index (κ2) is 7.72. The van der Waals surface area contributed by atoms with Crippen LogP contribution in [-0.4, -0.2) is 45.6 Å². The Balaban J connectivity index is 1.56. The molecule has 3 heterocycles. The van der Waals surface area contributed by atoms with E-state index in [1.54, 1.807) is 30.0 Å². The van der Waals surface area contributed by atoms with Gasteiger partial charge in [-0.3, -0.25) is 9.69 Å². The normalized spacial score (nSPS) is 22.3. The van der Waals surface area contributed by atoms with Gasteiger partial charge in [0.25, 0.3) is 0 Å². The van der Waals surface area contributed by atoms with Gasteiger partial charge in [0, 0.05) is 39.6 Å².